The van der Waals surface area contributed by atoms with Crippen LogP contribution >= 0.6 is 0 Å². The molecule has 0 atom stereocenters. The van der Waals surface area contributed by atoms with Crippen molar-refractivity contribution >= 4 is 11.8 Å². The Hall–Kier alpha value is -1.85. The molecule has 0 spiro atoms. The molecule has 1 N–H and O–H groups in total. The standard InChI is InChI=1S/C9H13N3O3/c1-6-8(15-3)9(11-5-10-6)12(2)4-7(13)14/h5H,4H2,1-3H3,(H,13,14). The Morgan fingerprint density at radius 2 is 2.27 bits per heavy atom. The third-order valence-electron chi connectivity index (χ3n) is 1.90. The van der Waals surface area contributed by atoms with Gasteiger partial charge >= 0.3 is 5.97 Å². The Kier molecular flexibility index (Phi) is 3.43. The van der Waals surface area contributed by atoms with Crippen molar-refractivity contribution in [2.75, 3.05) is 25.6 Å². The minimum Gasteiger partial charge on any atom is -0.491 e. The number of rotatable bonds is 4. The molecule has 1 heterocycles. The van der Waals surface area contributed by atoms with Crippen molar-refractivity contribution in [2.45, 2.75) is 6.92 Å². The van der Waals surface area contributed by atoms with Gasteiger partial charge < -0.3 is 14.7 Å². The van der Waals surface area contributed by atoms with Crippen LogP contribution in [-0.2, 0) is 4.79 Å². The number of anilines is 1. The van der Waals surface area contributed by atoms with E-state index in [1.807, 2.05) is 0 Å². The number of likely N-dealkylation sites (N-methyl/N-ethyl adjacent to an activating group) is 1. The number of ether oxygens (including phenoxy) is 1. The van der Waals surface area contributed by atoms with Crippen LogP contribution in [0.25, 0.3) is 0 Å². The Morgan fingerprint density at radius 3 is 2.80 bits per heavy atom. The zero-order valence-electron chi connectivity index (χ0n) is 8.89. The molecule has 0 saturated heterocycles. The average molecular weight is 211 g/mol. The molecule has 0 aliphatic heterocycles. The molecule has 6 heteroatoms. The maximum absolute atomic E-state index is 10.5. The first-order chi connectivity index (χ1) is 7.06. The van der Waals surface area contributed by atoms with Crippen molar-refractivity contribution in [2.24, 2.45) is 0 Å². The SMILES string of the molecule is COc1c(C)ncnc1N(C)CC(=O)O. The fourth-order valence-electron chi connectivity index (χ4n) is 1.24. The minimum atomic E-state index is -0.921. The molecule has 0 fully saturated rings. The highest BCUT2D eigenvalue weighted by molar-refractivity contribution is 5.74. The highest BCUT2D eigenvalue weighted by atomic mass is 16.5. The summed E-state index contributed by atoms with van der Waals surface area (Å²) in [6, 6.07) is 0. The molecule has 1 aromatic rings. The van der Waals surface area contributed by atoms with E-state index in [1.165, 1.54) is 18.3 Å². The lowest BCUT2D eigenvalue weighted by Crippen LogP contribution is -2.26. The van der Waals surface area contributed by atoms with Crippen molar-refractivity contribution in [1.82, 2.24) is 9.97 Å². The molecule has 0 unspecified atom stereocenters. The van der Waals surface area contributed by atoms with E-state index in [9.17, 15) is 4.79 Å². The summed E-state index contributed by atoms with van der Waals surface area (Å²) in [4.78, 5) is 20.0. The number of carboxylic acids is 1. The molecule has 1 rings (SSSR count). The third kappa shape index (κ3) is 2.55. The van der Waals surface area contributed by atoms with Gasteiger partial charge in [0.1, 0.15) is 12.9 Å². The third-order valence-corrected chi connectivity index (χ3v) is 1.90. The minimum absolute atomic E-state index is 0.132. The summed E-state index contributed by atoms with van der Waals surface area (Å²) in [5.41, 5.74) is 0.680. The number of aliphatic carboxylic acids is 1. The molecule has 0 bridgehead atoms. The molecule has 6 nitrogen and oxygen atoms in total. The topological polar surface area (TPSA) is 75.6 Å². The average Bonchev–Trinajstić information content (AvgIpc) is 2.16. The van der Waals surface area contributed by atoms with Gasteiger partial charge in [0.15, 0.2) is 11.6 Å². The van der Waals surface area contributed by atoms with Gasteiger partial charge in [-0.1, -0.05) is 0 Å². The van der Waals surface area contributed by atoms with Gasteiger partial charge in [-0.25, -0.2) is 9.97 Å². The van der Waals surface area contributed by atoms with Gasteiger partial charge in [-0.15, -0.1) is 0 Å². The van der Waals surface area contributed by atoms with Crippen LogP contribution in [0.15, 0.2) is 6.33 Å². The van der Waals surface area contributed by atoms with Gasteiger partial charge in [0.05, 0.1) is 12.8 Å². The van der Waals surface area contributed by atoms with E-state index in [4.69, 9.17) is 9.84 Å². The molecule has 15 heavy (non-hydrogen) atoms. The summed E-state index contributed by atoms with van der Waals surface area (Å²) in [7, 11) is 3.14. The zero-order chi connectivity index (χ0) is 11.4. The lowest BCUT2D eigenvalue weighted by molar-refractivity contribution is -0.135. The van der Waals surface area contributed by atoms with Crippen LogP contribution in [0, 0.1) is 6.92 Å². The van der Waals surface area contributed by atoms with E-state index in [0.717, 1.165) is 0 Å². The molecule has 0 amide bonds. The monoisotopic (exact) mass is 211 g/mol. The first kappa shape index (κ1) is 11.2. The van der Waals surface area contributed by atoms with Gasteiger partial charge in [0, 0.05) is 7.05 Å². The molecular formula is C9H13N3O3. The van der Waals surface area contributed by atoms with Crippen molar-refractivity contribution in [3.8, 4) is 5.75 Å². The predicted molar refractivity (Wildman–Crippen MR) is 54.2 cm³/mol. The van der Waals surface area contributed by atoms with Gasteiger partial charge in [0.25, 0.3) is 0 Å². The van der Waals surface area contributed by atoms with Crippen LogP contribution in [0.5, 0.6) is 5.75 Å². The van der Waals surface area contributed by atoms with Crippen molar-refractivity contribution in [1.29, 1.82) is 0 Å². The largest absolute Gasteiger partial charge is 0.491 e. The second-order valence-corrected chi connectivity index (χ2v) is 3.07. The van der Waals surface area contributed by atoms with Gasteiger partial charge in [0.2, 0.25) is 0 Å². The number of aryl methyl sites for hydroxylation is 1. The van der Waals surface area contributed by atoms with Crippen LogP contribution in [0.4, 0.5) is 5.82 Å². The Morgan fingerprint density at radius 1 is 1.60 bits per heavy atom. The number of hydrogen-bond donors (Lipinski definition) is 1. The van der Waals surface area contributed by atoms with Crippen molar-refractivity contribution < 1.29 is 14.6 Å². The van der Waals surface area contributed by atoms with E-state index < -0.39 is 5.97 Å². The number of carbonyl (C=O) groups is 1. The van der Waals surface area contributed by atoms with Crippen LogP contribution in [-0.4, -0.2) is 41.7 Å². The molecule has 0 aliphatic carbocycles. The molecule has 1 aromatic heterocycles. The Labute approximate surface area is 87.5 Å². The molecule has 0 aliphatic rings. The van der Waals surface area contributed by atoms with Crippen molar-refractivity contribution in [3.05, 3.63) is 12.0 Å². The van der Waals surface area contributed by atoms with E-state index in [0.29, 0.717) is 17.3 Å². The van der Waals surface area contributed by atoms with Crippen molar-refractivity contribution in [3.63, 3.8) is 0 Å². The zero-order valence-corrected chi connectivity index (χ0v) is 8.89. The number of hydrogen-bond acceptors (Lipinski definition) is 5. The Bertz CT molecular complexity index is 368. The summed E-state index contributed by atoms with van der Waals surface area (Å²) in [6.45, 7) is 1.64. The molecular weight excluding hydrogens is 198 g/mol. The maximum atomic E-state index is 10.5. The second-order valence-electron chi connectivity index (χ2n) is 3.07. The number of carboxylic acid groups (broad SMARTS) is 1. The van der Waals surface area contributed by atoms with E-state index in [1.54, 1.807) is 14.0 Å². The quantitative estimate of drug-likeness (QED) is 0.772. The van der Waals surface area contributed by atoms with E-state index in [-0.39, 0.29) is 6.54 Å². The summed E-state index contributed by atoms with van der Waals surface area (Å²) in [6.07, 6.45) is 1.38. The molecule has 0 radical (unpaired) electrons. The number of aromatic nitrogens is 2. The van der Waals surface area contributed by atoms with Crippen LogP contribution in [0.3, 0.4) is 0 Å². The summed E-state index contributed by atoms with van der Waals surface area (Å²) in [5.74, 6) is 0.0597. The lowest BCUT2D eigenvalue weighted by atomic mass is 10.3. The first-order valence-electron chi connectivity index (χ1n) is 4.34. The van der Waals surface area contributed by atoms with Crippen LogP contribution in [0.1, 0.15) is 5.69 Å². The first-order valence-corrected chi connectivity index (χ1v) is 4.34. The number of nitrogens with zero attached hydrogens (tertiary/aromatic N) is 3. The van der Waals surface area contributed by atoms with Gasteiger partial charge in [-0.2, -0.15) is 0 Å². The molecule has 82 valence electrons. The lowest BCUT2D eigenvalue weighted by Gasteiger charge is -2.18. The highest BCUT2D eigenvalue weighted by Gasteiger charge is 2.14. The summed E-state index contributed by atoms with van der Waals surface area (Å²) in [5, 5.41) is 8.65. The van der Waals surface area contributed by atoms with Gasteiger partial charge in [-0.05, 0) is 6.92 Å². The smallest absolute Gasteiger partial charge is 0.323 e. The van der Waals surface area contributed by atoms with Gasteiger partial charge in [-0.3, -0.25) is 4.79 Å². The van der Waals surface area contributed by atoms with Crippen LogP contribution in [0.2, 0.25) is 0 Å². The molecule has 0 saturated carbocycles. The van der Waals surface area contributed by atoms with Crippen LogP contribution < -0.4 is 9.64 Å². The Balaban J connectivity index is 3.02. The second kappa shape index (κ2) is 4.59. The fraction of sp³-hybridized carbons (Fsp3) is 0.444. The fourth-order valence-corrected chi connectivity index (χ4v) is 1.24. The maximum Gasteiger partial charge on any atom is 0.323 e. The predicted octanol–water partition coefficient (Wildman–Crippen LogP) is 0.314. The van der Waals surface area contributed by atoms with E-state index >= 15 is 0 Å². The highest BCUT2D eigenvalue weighted by Crippen LogP contribution is 2.26. The summed E-state index contributed by atoms with van der Waals surface area (Å²) >= 11 is 0. The molecule has 0 aromatic carbocycles. The summed E-state index contributed by atoms with van der Waals surface area (Å²) < 4.78 is 5.12. The van der Waals surface area contributed by atoms with E-state index in [2.05, 4.69) is 9.97 Å². The number of methoxy groups -OCH3 is 1. The normalized spacial score (nSPS) is 9.80.